The van der Waals surface area contributed by atoms with Gasteiger partial charge in [-0.05, 0) is 44.2 Å². The smallest absolute Gasteiger partial charge is 0.230 e. The van der Waals surface area contributed by atoms with E-state index in [1.54, 1.807) is 12.1 Å². The van der Waals surface area contributed by atoms with Gasteiger partial charge < -0.3 is 19.4 Å². The van der Waals surface area contributed by atoms with E-state index in [1.165, 1.54) is 12.3 Å². The maximum absolute atomic E-state index is 14.7. The number of nitrogens with zero attached hydrogens (tertiary/aromatic N) is 2. The third-order valence-corrected chi connectivity index (χ3v) is 4.91. The van der Waals surface area contributed by atoms with Crippen LogP contribution in [0.3, 0.4) is 0 Å². The number of nitrogens with one attached hydrogen (secondary N) is 1. The van der Waals surface area contributed by atoms with Crippen LogP contribution in [-0.4, -0.2) is 36.2 Å². The SMILES string of the molecule is C[C@@H]1CN(c2ccc(NC(=O)Cc3coc(-c4ccccc4)n3)cc2F)C[C@H](C)O1. The van der Waals surface area contributed by atoms with Crippen molar-refractivity contribution in [1.29, 1.82) is 0 Å². The van der Waals surface area contributed by atoms with Gasteiger partial charge in [-0.25, -0.2) is 9.37 Å². The third-order valence-electron chi connectivity index (χ3n) is 4.91. The molecule has 1 aliphatic heterocycles. The maximum atomic E-state index is 14.7. The first-order valence-electron chi connectivity index (χ1n) is 9.97. The Morgan fingerprint density at radius 1 is 1.17 bits per heavy atom. The summed E-state index contributed by atoms with van der Waals surface area (Å²) >= 11 is 0. The molecule has 1 amide bonds. The zero-order valence-electron chi connectivity index (χ0n) is 17.0. The summed E-state index contributed by atoms with van der Waals surface area (Å²) < 4.78 is 25.9. The van der Waals surface area contributed by atoms with Crippen LogP contribution in [0.5, 0.6) is 0 Å². The van der Waals surface area contributed by atoms with Gasteiger partial charge >= 0.3 is 0 Å². The monoisotopic (exact) mass is 409 g/mol. The van der Waals surface area contributed by atoms with Crippen LogP contribution in [0.25, 0.3) is 11.5 Å². The molecule has 1 saturated heterocycles. The van der Waals surface area contributed by atoms with Crippen LogP contribution in [-0.2, 0) is 16.0 Å². The highest BCUT2D eigenvalue weighted by Gasteiger charge is 2.24. The minimum atomic E-state index is -0.373. The van der Waals surface area contributed by atoms with Crippen LogP contribution in [0, 0.1) is 5.82 Å². The van der Waals surface area contributed by atoms with E-state index in [0.29, 0.717) is 36.0 Å². The Morgan fingerprint density at radius 2 is 1.90 bits per heavy atom. The molecule has 2 atom stereocenters. The van der Waals surface area contributed by atoms with E-state index < -0.39 is 0 Å². The summed E-state index contributed by atoms with van der Waals surface area (Å²) in [6.45, 7) is 5.20. The van der Waals surface area contributed by atoms with Crippen molar-refractivity contribution < 1.29 is 18.3 Å². The van der Waals surface area contributed by atoms with Gasteiger partial charge in [0.1, 0.15) is 12.1 Å². The van der Waals surface area contributed by atoms with Crippen molar-refractivity contribution in [3.8, 4) is 11.5 Å². The number of benzene rings is 2. The van der Waals surface area contributed by atoms with Crippen LogP contribution in [0.2, 0.25) is 0 Å². The zero-order valence-corrected chi connectivity index (χ0v) is 17.0. The van der Waals surface area contributed by atoms with Gasteiger partial charge in [0.25, 0.3) is 0 Å². The molecule has 0 bridgehead atoms. The molecule has 2 heterocycles. The van der Waals surface area contributed by atoms with Gasteiger partial charge in [0.05, 0.1) is 30.0 Å². The van der Waals surface area contributed by atoms with Gasteiger partial charge in [-0.15, -0.1) is 0 Å². The number of aromatic nitrogens is 1. The summed E-state index contributed by atoms with van der Waals surface area (Å²) in [5, 5.41) is 2.72. The molecule has 1 aromatic heterocycles. The van der Waals surface area contributed by atoms with E-state index in [4.69, 9.17) is 9.15 Å². The van der Waals surface area contributed by atoms with Crippen LogP contribution < -0.4 is 10.2 Å². The summed E-state index contributed by atoms with van der Waals surface area (Å²) in [5.74, 6) is -0.201. The molecular weight excluding hydrogens is 385 g/mol. The highest BCUT2D eigenvalue weighted by molar-refractivity contribution is 5.92. The Labute approximate surface area is 174 Å². The van der Waals surface area contributed by atoms with Crippen molar-refractivity contribution in [2.24, 2.45) is 0 Å². The molecule has 1 N–H and O–H groups in total. The molecule has 0 unspecified atom stereocenters. The molecular formula is C23H24FN3O3. The lowest BCUT2D eigenvalue weighted by atomic mass is 10.1. The number of carbonyl (C=O) groups excluding carboxylic acids is 1. The molecule has 1 fully saturated rings. The van der Waals surface area contributed by atoms with E-state index in [1.807, 2.05) is 49.1 Å². The fourth-order valence-electron chi connectivity index (χ4n) is 3.69. The Hall–Kier alpha value is -3.19. The highest BCUT2D eigenvalue weighted by atomic mass is 19.1. The van der Waals surface area contributed by atoms with Crippen molar-refractivity contribution >= 4 is 17.3 Å². The summed E-state index contributed by atoms with van der Waals surface area (Å²) in [6, 6.07) is 14.2. The molecule has 0 radical (unpaired) electrons. The number of carbonyl (C=O) groups is 1. The summed E-state index contributed by atoms with van der Waals surface area (Å²) in [7, 11) is 0. The first-order chi connectivity index (χ1) is 14.5. The van der Waals surface area contributed by atoms with Crippen LogP contribution in [0.4, 0.5) is 15.8 Å². The molecule has 6 nitrogen and oxygen atoms in total. The second kappa shape index (κ2) is 8.67. The number of hydrogen-bond donors (Lipinski definition) is 1. The van der Waals surface area contributed by atoms with Crippen molar-refractivity contribution in [2.45, 2.75) is 32.5 Å². The summed E-state index contributed by atoms with van der Waals surface area (Å²) in [6.07, 6.45) is 1.58. The Balaban J connectivity index is 1.39. The number of amides is 1. The predicted octanol–water partition coefficient (Wildman–Crippen LogP) is 4.28. The predicted molar refractivity (Wildman–Crippen MR) is 113 cm³/mol. The molecule has 0 spiro atoms. The van der Waals surface area contributed by atoms with Crippen molar-refractivity contribution in [2.75, 3.05) is 23.3 Å². The minimum Gasteiger partial charge on any atom is -0.444 e. The van der Waals surface area contributed by atoms with E-state index in [-0.39, 0.29) is 30.4 Å². The number of anilines is 2. The number of rotatable bonds is 5. The fraction of sp³-hybridized carbons (Fsp3) is 0.304. The second-order valence-corrected chi connectivity index (χ2v) is 7.56. The molecule has 2 aromatic carbocycles. The molecule has 0 aliphatic carbocycles. The van der Waals surface area contributed by atoms with Gasteiger partial charge in [-0.1, -0.05) is 18.2 Å². The van der Waals surface area contributed by atoms with E-state index in [9.17, 15) is 9.18 Å². The highest BCUT2D eigenvalue weighted by Crippen LogP contribution is 2.26. The molecule has 0 saturated carbocycles. The maximum Gasteiger partial charge on any atom is 0.230 e. The lowest BCUT2D eigenvalue weighted by molar-refractivity contribution is -0.115. The molecule has 3 aromatic rings. The standard InChI is InChI=1S/C23H24FN3O3/c1-15-12-27(13-16(2)30-15)21-9-8-18(10-20(21)24)25-22(28)11-19-14-29-23(26-19)17-6-4-3-5-7-17/h3-10,14-16H,11-13H2,1-2H3,(H,25,28)/t15-,16+. The lowest BCUT2D eigenvalue weighted by Crippen LogP contribution is -2.45. The van der Waals surface area contributed by atoms with Gasteiger partial charge in [0, 0.05) is 24.3 Å². The zero-order chi connectivity index (χ0) is 21.1. The fourth-order valence-corrected chi connectivity index (χ4v) is 3.69. The summed E-state index contributed by atoms with van der Waals surface area (Å²) in [4.78, 5) is 18.7. The van der Waals surface area contributed by atoms with Gasteiger partial charge in [0.15, 0.2) is 0 Å². The van der Waals surface area contributed by atoms with Crippen molar-refractivity contribution in [3.05, 3.63) is 66.3 Å². The Morgan fingerprint density at radius 3 is 2.60 bits per heavy atom. The second-order valence-electron chi connectivity index (χ2n) is 7.56. The Bertz CT molecular complexity index is 1010. The number of hydrogen-bond acceptors (Lipinski definition) is 5. The van der Waals surface area contributed by atoms with Crippen LogP contribution in [0.1, 0.15) is 19.5 Å². The van der Waals surface area contributed by atoms with Crippen molar-refractivity contribution in [1.82, 2.24) is 4.98 Å². The molecule has 1 aliphatic rings. The van der Waals surface area contributed by atoms with Crippen LogP contribution >= 0.6 is 0 Å². The Kier molecular flexibility index (Phi) is 5.81. The van der Waals surface area contributed by atoms with E-state index in [0.717, 1.165) is 5.56 Å². The molecule has 30 heavy (non-hydrogen) atoms. The molecule has 156 valence electrons. The van der Waals surface area contributed by atoms with E-state index in [2.05, 4.69) is 10.3 Å². The number of halogens is 1. The van der Waals surface area contributed by atoms with Gasteiger partial charge in [-0.3, -0.25) is 4.79 Å². The van der Waals surface area contributed by atoms with Crippen LogP contribution in [0.15, 0.2) is 59.2 Å². The normalized spacial score (nSPS) is 19.0. The first-order valence-corrected chi connectivity index (χ1v) is 9.97. The third kappa shape index (κ3) is 4.68. The summed E-state index contributed by atoms with van der Waals surface area (Å²) in [5.41, 5.74) is 2.27. The average Bonchev–Trinajstić information content (AvgIpc) is 3.16. The molecule has 4 rings (SSSR count). The number of morpholine rings is 1. The minimum absolute atomic E-state index is 0.0377. The lowest BCUT2D eigenvalue weighted by Gasteiger charge is -2.37. The number of oxazole rings is 1. The average molecular weight is 409 g/mol. The van der Waals surface area contributed by atoms with Gasteiger partial charge in [0.2, 0.25) is 11.8 Å². The topological polar surface area (TPSA) is 67.6 Å². The number of ether oxygens (including phenoxy) is 1. The van der Waals surface area contributed by atoms with E-state index >= 15 is 0 Å². The largest absolute Gasteiger partial charge is 0.444 e. The van der Waals surface area contributed by atoms with Crippen molar-refractivity contribution in [3.63, 3.8) is 0 Å². The quantitative estimate of drug-likeness (QED) is 0.681. The van der Waals surface area contributed by atoms with Gasteiger partial charge in [-0.2, -0.15) is 0 Å². The molecule has 7 heteroatoms. The first kappa shape index (κ1) is 20.1.